The van der Waals surface area contributed by atoms with Crippen molar-refractivity contribution < 1.29 is 4.74 Å². The van der Waals surface area contributed by atoms with E-state index in [2.05, 4.69) is 43.4 Å². The third kappa shape index (κ3) is 2.85. The Bertz CT molecular complexity index is 431. The Balaban J connectivity index is 1.73. The molecule has 2 heteroatoms. The van der Waals surface area contributed by atoms with Crippen LogP contribution in [0, 0.1) is 0 Å². The van der Waals surface area contributed by atoms with Gasteiger partial charge >= 0.3 is 0 Å². The van der Waals surface area contributed by atoms with Crippen molar-refractivity contribution in [1.29, 1.82) is 0 Å². The van der Waals surface area contributed by atoms with Crippen LogP contribution >= 0.6 is 0 Å². The number of rotatable bonds is 2. The lowest BCUT2D eigenvalue weighted by Gasteiger charge is -2.36. The van der Waals surface area contributed by atoms with Crippen LogP contribution in [0.25, 0.3) is 0 Å². The molecule has 1 heterocycles. The highest BCUT2D eigenvalue weighted by Gasteiger charge is 2.27. The zero-order valence-corrected chi connectivity index (χ0v) is 12.1. The van der Waals surface area contributed by atoms with Gasteiger partial charge in [-0.15, -0.1) is 0 Å². The van der Waals surface area contributed by atoms with Crippen LogP contribution in [0.2, 0.25) is 0 Å². The zero-order valence-electron chi connectivity index (χ0n) is 12.1. The predicted molar refractivity (Wildman–Crippen MR) is 78.4 cm³/mol. The molecule has 0 saturated carbocycles. The highest BCUT2D eigenvalue weighted by molar-refractivity contribution is 5.35. The highest BCUT2D eigenvalue weighted by Crippen LogP contribution is 2.37. The Morgan fingerprint density at radius 1 is 1.05 bits per heavy atom. The van der Waals surface area contributed by atoms with E-state index >= 15 is 0 Å². The second-order valence-electron chi connectivity index (χ2n) is 6.23. The quantitative estimate of drug-likeness (QED) is 0.872. The van der Waals surface area contributed by atoms with Crippen LogP contribution < -0.4 is 5.32 Å². The van der Waals surface area contributed by atoms with E-state index in [4.69, 9.17) is 4.74 Å². The monoisotopic (exact) mass is 259 g/mol. The van der Waals surface area contributed by atoms with E-state index in [0.29, 0.717) is 24.1 Å². The molecule has 3 rings (SSSR count). The van der Waals surface area contributed by atoms with Crippen molar-refractivity contribution in [2.75, 3.05) is 6.61 Å². The second kappa shape index (κ2) is 5.64. The van der Waals surface area contributed by atoms with Gasteiger partial charge in [0, 0.05) is 18.7 Å². The Morgan fingerprint density at radius 3 is 2.63 bits per heavy atom. The average molecular weight is 259 g/mol. The molecule has 4 unspecified atom stereocenters. The lowest BCUT2D eigenvalue weighted by molar-refractivity contribution is 0.0107. The van der Waals surface area contributed by atoms with Crippen molar-refractivity contribution in [1.82, 2.24) is 5.32 Å². The largest absolute Gasteiger partial charge is 0.378 e. The van der Waals surface area contributed by atoms with Crippen LogP contribution in [0.1, 0.15) is 62.6 Å². The van der Waals surface area contributed by atoms with Gasteiger partial charge in [-0.1, -0.05) is 31.2 Å². The fourth-order valence-electron chi connectivity index (χ4n) is 3.61. The molecule has 1 fully saturated rings. The summed E-state index contributed by atoms with van der Waals surface area (Å²) in [4.78, 5) is 0. The van der Waals surface area contributed by atoms with E-state index in [0.717, 1.165) is 19.4 Å². The van der Waals surface area contributed by atoms with Gasteiger partial charge in [0.1, 0.15) is 0 Å². The molecule has 0 aromatic heterocycles. The smallest absolute Gasteiger partial charge is 0.0561 e. The van der Waals surface area contributed by atoms with Gasteiger partial charge in [0.15, 0.2) is 0 Å². The molecule has 1 aliphatic carbocycles. The molecule has 1 aliphatic heterocycles. The maximum Gasteiger partial charge on any atom is 0.0561 e. The van der Waals surface area contributed by atoms with Gasteiger partial charge in [0.05, 0.1) is 6.10 Å². The zero-order chi connectivity index (χ0) is 13.2. The lowest BCUT2D eigenvalue weighted by atomic mass is 9.80. The van der Waals surface area contributed by atoms with Gasteiger partial charge in [-0.05, 0) is 49.7 Å². The molecule has 2 nitrogen and oxygen atoms in total. The minimum absolute atomic E-state index is 0.406. The number of fused-ring (bicyclic) bond motifs is 1. The van der Waals surface area contributed by atoms with Gasteiger partial charge in [0.2, 0.25) is 0 Å². The van der Waals surface area contributed by atoms with Crippen LogP contribution in [0.3, 0.4) is 0 Å². The van der Waals surface area contributed by atoms with Crippen LogP contribution in [0.5, 0.6) is 0 Å². The third-order valence-corrected chi connectivity index (χ3v) is 4.71. The molecule has 0 spiro atoms. The van der Waals surface area contributed by atoms with Crippen molar-refractivity contribution in [3.05, 3.63) is 35.4 Å². The summed E-state index contributed by atoms with van der Waals surface area (Å²) in [5, 5.41) is 3.88. The van der Waals surface area contributed by atoms with E-state index in [1.807, 2.05) is 0 Å². The summed E-state index contributed by atoms with van der Waals surface area (Å²) in [6, 6.07) is 10.1. The molecule has 104 valence electrons. The molecule has 0 radical (unpaired) electrons. The molecule has 1 aromatic rings. The van der Waals surface area contributed by atoms with E-state index in [1.165, 1.54) is 18.4 Å². The van der Waals surface area contributed by atoms with Gasteiger partial charge in [-0.3, -0.25) is 0 Å². The van der Waals surface area contributed by atoms with Crippen LogP contribution in [0.15, 0.2) is 24.3 Å². The van der Waals surface area contributed by atoms with Gasteiger partial charge < -0.3 is 10.1 Å². The molecular weight excluding hydrogens is 234 g/mol. The topological polar surface area (TPSA) is 21.3 Å². The summed E-state index contributed by atoms with van der Waals surface area (Å²) in [5.41, 5.74) is 3.08. The standard InChI is InChI=1S/C17H25NO/c1-12-7-8-17(16-6-4-3-5-15(12)16)18-14-9-10-19-13(2)11-14/h3-6,12-14,17-18H,7-11H2,1-2H3. The van der Waals surface area contributed by atoms with Gasteiger partial charge in [-0.2, -0.15) is 0 Å². The second-order valence-corrected chi connectivity index (χ2v) is 6.23. The maximum absolute atomic E-state index is 5.64. The molecular formula is C17H25NO. The first-order valence-corrected chi connectivity index (χ1v) is 7.70. The minimum Gasteiger partial charge on any atom is -0.378 e. The van der Waals surface area contributed by atoms with Gasteiger partial charge in [0.25, 0.3) is 0 Å². The van der Waals surface area contributed by atoms with Crippen molar-refractivity contribution >= 4 is 0 Å². The van der Waals surface area contributed by atoms with E-state index < -0.39 is 0 Å². The van der Waals surface area contributed by atoms with E-state index in [-0.39, 0.29) is 0 Å². The summed E-state index contributed by atoms with van der Waals surface area (Å²) in [6.45, 7) is 5.44. The number of hydrogen-bond donors (Lipinski definition) is 1. The summed E-state index contributed by atoms with van der Waals surface area (Å²) in [5.74, 6) is 0.711. The fourth-order valence-corrected chi connectivity index (χ4v) is 3.61. The molecule has 0 amide bonds. The molecule has 1 aromatic carbocycles. The Hall–Kier alpha value is -0.860. The van der Waals surface area contributed by atoms with E-state index in [1.54, 1.807) is 5.56 Å². The third-order valence-electron chi connectivity index (χ3n) is 4.71. The lowest BCUT2D eigenvalue weighted by Crippen LogP contribution is -2.41. The predicted octanol–water partition coefficient (Wildman–Crippen LogP) is 3.78. The first-order valence-electron chi connectivity index (χ1n) is 7.70. The first kappa shape index (κ1) is 13.1. The summed E-state index contributed by atoms with van der Waals surface area (Å²) >= 11 is 0. The van der Waals surface area contributed by atoms with Gasteiger partial charge in [-0.25, -0.2) is 0 Å². The summed E-state index contributed by atoms with van der Waals surface area (Å²) < 4.78 is 5.64. The molecule has 4 atom stereocenters. The number of nitrogens with one attached hydrogen (secondary N) is 1. The average Bonchev–Trinajstić information content (AvgIpc) is 2.42. The normalized spacial score (nSPS) is 34.8. The van der Waals surface area contributed by atoms with Crippen molar-refractivity contribution in [2.45, 2.75) is 63.6 Å². The highest BCUT2D eigenvalue weighted by atomic mass is 16.5. The van der Waals surface area contributed by atoms with E-state index in [9.17, 15) is 0 Å². The molecule has 1 saturated heterocycles. The molecule has 19 heavy (non-hydrogen) atoms. The fraction of sp³-hybridized carbons (Fsp3) is 0.647. The SMILES string of the molecule is CC1CC(NC2CCC(C)c3ccccc32)CCO1. The Labute approximate surface area is 116 Å². The number of benzene rings is 1. The first-order chi connectivity index (χ1) is 9.24. The van der Waals surface area contributed by atoms with Crippen molar-refractivity contribution in [3.63, 3.8) is 0 Å². The summed E-state index contributed by atoms with van der Waals surface area (Å²) in [7, 11) is 0. The summed E-state index contributed by atoms with van der Waals surface area (Å²) in [6.07, 6.45) is 5.27. The Kier molecular flexibility index (Phi) is 3.90. The molecule has 1 N–H and O–H groups in total. The molecule has 2 aliphatic rings. The molecule has 0 bridgehead atoms. The maximum atomic E-state index is 5.64. The van der Waals surface area contributed by atoms with Crippen LogP contribution in [0.4, 0.5) is 0 Å². The van der Waals surface area contributed by atoms with Crippen molar-refractivity contribution in [2.24, 2.45) is 0 Å². The number of hydrogen-bond acceptors (Lipinski definition) is 2. The number of ether oxygens (including phenoxy) is 1. The van der Waals surface area contributed by atoms with Crippen LogP contribution in [-0.2, 0) is 4.74 Å². The minimum atomic E-state index is 0.406. The van der Waals surface area contributed by atoms with Crippen molar-refractivity contribution in [3.8, 4) is 0 Å². The Morgan fingerprint density at radius 2 is 1.84 bits per heavy atom. The van der Waals surface area contributed by atoms with Crippen LogP contribution in [-0.4, -0.2) is 18.8 Å².